The van der Waals surface area contributed by atoms with Gasteiger partial charge in [-0.25, -0.2) is 4.79 Å². The molecule has 4 heteroatoms. The second-order valence-electron chi connectivity index (χ2n) is 4.24. The van der Waals surface area contributed by atoms with Crippen molar-refractivity contribution in [3.63, 3.8) is 0 Å². The quantitative estimate of drug-likeness (QED) is 0.716. The van der Waals surface area contributed by atoms with Gasteiger partial charge in [-0.1, -0.05) is 13.8 Å². The highest BCUT2D eigenvalue weighted by Crippen LogP contribution is 2.06. The lowest BCUT2D eigenvalue weighted by Crippen LogP contribution is -2.33. The van der Waals surface area contributed by atoms with Gasteiger partial charge in [-0.3, -0.25) is 0 Å². The molecule has 0 bridgehead atoms. The predicted molar refractivity (Wildman–Crippen MR) is 68.7 cm³/mol. The molecule has 1 amide bonds. The van der Waals surface area contributed by atoms with Crippen LogP contribution in [0.4, 0.5) is 4.79 Å². The van der Waals surface area contributed by atoms with Crippen LogP contribution in [0.5, 0.6) is 0 Å². The number of carbonyl (C=O) groups is 1. The molecule has 0 radical (unpaired) electrons. The van der Waals surface area contributed by atoms with E-state index >= 15 is 0 Å². The van der Waals surface area contributed by atoms with Crippen molar-refractivity contribution >= 4 is 6.09 Å². The van der Waals surface area contributed by atoms with E-state index in [1.54, 1.807) is 0 Å². The minimum Gasteiger partial charge on any atom is -0.444 e. The van der Waals surface area contributed by atoms with E-state index in [4.69, 9.17) is 4.74 Å². The Bertz CT molecular complexity index is 165. The van der Waals surface area contributed by atoms with E-state index in [1.807, 2.05) is 41.7 Å². The average molecular weight is 232 g/mol. The Labute approximate surface area is 100 Å². The van der Waals surface area contributed by atoms with Gasteiger partial charge < -0.3 is 15.4 Å². The Hall–Kier alpha value is -0.770. The monoisotopic (exact) mass is 232 g/mol. The first-order valence-electron chi connectivity index (χ1n) is 6.07. The number of hydrogen-bond donors (Lipinski definition) is 2. The number of hydrogen-bond acceptors (Lipinski definition) is 3. The highest BCUT2D eigenvalue weighted by Gasteiger charge is 2.15. The van der Waals surface area contributed by atoms with Gasteiger partial charge in [0.05, 0.1) is 0 Å². The van der Waals surface area contributed by atoms with E-state index in [9.17, 15) is 4.79 Å². The van der Waals surface area contributed by atoms with E-state index in [-0.39, 0.29) is 6.09 Å². The molecule has 0 saturated heterocycles. The summed E-state index contributed by atoms with van der Waals surface area (Å²) in [6, 6.07) is 0. The minimum absolute atomic E-state index is 0.332. The summed E-state index contributed by atoms with van der Waals surface area (Å²) >= 11 is 0. The molecule has 0 fully saturated rings. The number of alkyl carbamates (subject to hydrolysis) is 1. The smallest absolute Gasteiger partial charge is 0.407 e. The normalized spacial score (nSPS) is 10.1. The van der Waals surface area contributed by atoms with Crippen LogP contribution in [0, 0.1) is 0 Å². The highest BCUT2D eigenvalue weighted by molar-refractivity contribution is 5.67. The summed E-state index contributed by atoms with van der Waals surface area (Å²) in [5, 5.41) is 5.76. The molecule has 0 aromatic heterocycles. The summed E-state index contributed by atoms with van der Waals surface area (Å²) in [5.74, 6) is 0. The van der Waals surface area contributed by atoms with Crippen molar-refractivity contribution in [3.05, 3.63) is 0 Å². The third kappa shape index (κ3) is 15.7. The number of rotatable bonds is 5. The standard InChI is InChI=1S/C10H22N2O2.C2H6/c1-10(2,3)14-9(13)12-8-6-5-7-11-4;1-2/h11H,5-8H2,1-4H3,(H,12,13);1-2H3. The molecule has 0 aliphatic carbocycles. The first-order valence-corrected chi connectivity index (χ1v) is 6.07. The SMILES string of the molecule is CC.CNCCCCNC(=O)OC(C)(C)C. The van der Waals surface area contributed by atoms with Crippen LogP contribution in [0.2, 0.25) is 0 Å². The predicted octanol–water partition coefficient (Wildman–Crippen LogP) is 2.54. The van der Waals surface area contributed by atoms with Crippen molar-refractivity contribution in [3.8, 4) is 0 Å². The molecule has 0 aromatic rings. The van der Waals surface area contributed by atoms with E-state index in [0.717, 1.165) is 19.4 Å². The van der Waals surface area contributed by atoms with Crippen LogP contribution in [-0.2, 0) is 4.74 Å². The molecule has 0 aliphatic heterocycles. The van der Waals surface area contributed by atoms with Gasteiger partial charge in [0, 0.05) is 6.54 Å². The highest BCUT2D eigenvalue weighted by atomic mass is 16.6. The summed E-state index contributed by atoms with van der Waals surface area (Å²) in [4.78, 5) is 11.1. The van der Waals surface area contributed by atoms with Crippen molar-refractivity contribution in [2.45, 2.75) is 53.1 Å². The Morgan fingerprint density at radius 2 is 1.62 bits per heavy atom. The van der Waals surface area contributed by atoms with Gasteiger partial charge in [0.2, 0.25) is 0 Å². The van der Waals surface area contributed by atoms with Gasteiger partial charge in [0.1, 0.15) is 5.60 Å². The second-order valence-corrected chi connectivity index (χ2v) is 4.24. The van der Waals surface area contributed by atoms with Gasteiger partial charge >= 0.3 is 6.09 Å². The molecule has 4 nitrogen and oxygen atoms in total. The largest absolute Gasteiger partial charge is 0.444 e. The van der Waals surface area contributed by atoms with Crippen LogP contribution in [0.25, 0.3) is 0 Å². The molecule has 0 aliphatic rings. The van der Waals surface area contributed by atoms with Crippen LogP contribution in [0.15, 0.2) is 0 Å². The molecule has 0 aromatic carbocycles. The van der Waals surface area contributed by atoms with Crippen LogP contribution in [-0.4, -0.2) is 31.8 Å². The molecule has 98 valence electrons. The summed E-state index contributed by atoms with van der Waals surface area (Å²) in [5.41, 5.74) is -0.408. The lowest BCUT2D eigenvalue weighted by atomic mass is 10.2. The van der Waals surface area contributed by atoms with Crippen LogP contribution >= 0.6 is 0 Å². The first kappa shape index (κ1) is 17.6. The number of carbonyl (C=O) groups excluding carboxylic acids is 1. The van der Waals surface area contributed by atoms with Crippen molar-refractivity contribution in [1.29, 1.82) is 0 Å². The minimum atomic E-state index is -0.408. The molecule has 0 saturated carbocycles. The van der Waals surface area contributed by atoms with Gasteiger partial charge in [0.15, 0.2) is 0 Å². The summed E-state index contributed by atoms with van der Waals surface area (Å²) in [6.07, 6.45) is 1.70. The fraction of sp³-hybridized carbons (Fsp3) is 0.917. The van der Waals surface area contributed by atoms with Crippen LogP contribution in [0.1, 0.15) is 47.5 Å². The number of nitrogens with one attached hydrogen (secondary N) is 2. The zero-order chi connectivity index (χ0) is 13.0. The van der Waals surface area contributed by atoms with E-state index in [2.05, 4.69) is 10.6 Å². The number of unbranched alkanes of at least 4 members (excludes halogenated alkanes) is 1. The van der Waals surface area contributed by atoms with E-state index < -0.39 is 5.60 Å². The molecule has 16 heavy (non-hydrogen) atoms. The molecular formula is C12H28N2O2. The Kier molecular flexibility index (Phi) is 11.8. The van der Waals surface area contributed by atoms with Crippen LogP contribution in [0.3, 0.4) is 0 Å². The first-order chi connectivity index (χ1) is 7.45. The van der Waals surface area contributed by atoms with Gasteiger partial charge in [-0.15, -0.1) is 0 Å². The van der Waals surface area contributed by atoms with Crippen molar-refractivity contribution in [2.24, 2.45) is 0 Å². The Balaban J connectivity index is 0. The molecule has 0 spiro atoms. The van der Waals surface area contributed by atoms with Crippen molar-refractivity contribution < 1.29 is 9.53 Å². The average Bonchev–Trinajstić information content (AvgIpc) is 2.18. The fourth-order valence-corrected chi connectivity index (χ4v) is 0.931. The third-order valence-corrected chi connectivity index (χ3v) is 1.52. The van der Waals surface area contributed by atoms with Gasteiger partial charge in [-0.05, 0) is 47.2 Å². The molecular weight excluding hydrogens is 204 g/mol. The van der Waals surface area contributed by atoms with Crippen LogP contribution < -0.4 is 10.6 Å². The van der Waals surface area contributed by atoms with Crippen molar-refractivity contribution in [2.75, 3.05) is 20.1 Å². The second kappa shape index (κ2) is 10.7. The third-order valence-electron chi connectivity index (χ3n) is 1.52. The summed E-state index contributed by atoms with van der Waals surface area (Å²) < 4.78 is 5.08. The lowest BCUT2D eigenvalue weighted by molar-refractivity contribution is 0.0527. The van der Waals surface area contributed by atoms with E-state index in [1.165, 1.54) is 0 Å². The molecule has 0 atom stereocenters. The maximum absolute atomic E-state index is 11.1. The van der Waals surface area contributed by atoms with E-state index in [0.29, 0.717) is 6.54 Å². The summed E-state index contributed by atoms with van der Waals surface area (Å²) in [7, 11) is 1.92. The molecule has 0 unspecified atom stereocenters. The maximum Gasteiger partial charge on any atom is 0.407 e. The fourth-order valence-electron chi connectivity index (χ4n) is 0.931. The Morgan fingerprint density at radius 1 is 1.12 bits per heavy atom. The Morgan fingerprint density at radius 3 is 2.06 bits per heavy atom. The molecule has 2 N–H and O–H groups in total. The zero-order valence-electron chi connectivity index (χ0n) is 11.6. The lowest BCUT2D eigenvalue weighted by Gasteiger charge is -2.19. The van der Waals surface area contributed by atoms with Crippen molar-refractivity contribution in [1.82, 2.24) is 10.6 Å². The topological polar surface area (TPSA) is 50.4 Å². The summed E-state index contributed by atoms with van der Waals surface area (Å²) in [6.45, 7) is 11.2. The molecule has 0 heterocycles. The van der Waals surface area contributed by atoms with Gasteiger partial charge in [-0.2, -0.15) is 0 Å². The zero-order valence-corrected chi connectivity index (χ0v) is 11.6. The maximum atomic E-state index is 11.1. The number of amides is 1. The molecule has 0 rings (SSSR count). The number of ether oxygens (including phenoxy) is 1. The van der Waals surface area contributed by atoms with Gasteiger partial charge in [0.25, 0.3) is 0 Å².